The van der Waals surface area contributed by atoms with Gasteiger partial charge in [-0.2, -0.15) is 13.2 Å². The van der Waals surface area contributed by atoms with E-state index in [-0.39, 0.29) is 19.0 Å². The summed E-state index contributed by atoms with van der Waals surface area (Å²) in [6.45, 7) is 5.93. The van der Waals surface area contributed by atoms with Gasteiger partial charge in [0.2, 0.25) is 0 Å². The number of anilines is 4. The van der Waals surface area contributed by atoms with E-state index < -0.39 is 17.6 Å². The number of carbonyl (C=O) groups is 1. The standard InChI is InChI=1S/C22H27F3N6OS/c1-14-11-26-19(33-14)28-20(32)31-18-16(30-10-4-8-21(31,2)13-30)6-7-17(27-18)29-9-3-5-15(12-29)22(23,24)25/h6-7,11,15H,3-5,8-10,12-13H2,1-2H3,(H,26,28,32)/t15?,21-/m0/s1. The summed E-state index contributed by atoms with van der Waals surface area (Å²) in [7, 11) is 0. The topological polar surface area (TPSA) is 64.6 Å². The highest BCUT2D eigenvalue weighted by atomic mass is 32.1. The summed E-state index contributed by atoms with van der Waals surface area (Å²) in [5.74, 6) is -0.381. The second-order valence-corrected chi connectivity index (χ2v) is 10.6. The monoisotopic (exact) mass is 480 g/mol. The highest BCUT2D eigenvalue weighted by Gasteiger charge is 2.47. The predicted molar refractivity (Wildman–Crippen MR) is 123 cm³/mol. The molecule has 2 bridgehead atoms. The smallest absolute Gasteiger partial charge is 0.366 e. The van der Waals surface area contributed by atoms with Crippen molar-refractivity contribution >= 4 is 39.8 Å². The molecule has 7 nitrogen and oxygen atoms in total. The van der Waals surface area contributed by atoms with E-state index in [1.54, 1.807) is 22.1 Å². The summed E-state index contributed by atoms with van der Waals surface area (Å²) in [6, 6.07) is 3.37. The molecule has 2 atom stereocenters. The Labute approximate surface area is 194 Å². The van der Waals surface area contributed by atoms with Crippen LogP contribution in [0.2, 0.25) is 0 Å². The number of piperidine rings is 2. The van der Waals surface area contributed by atoms with Gasteiger partial charge in [-0.05, 0) is 51.7 Å². The Morgan fingerprint density at radius 2 is 2.03 bits per heavy atom. The van der Waals surface area contributed by atoms with Crippen LogP contribution in [0.3, 0.4) is 0 Å². The highest BCUT2D eigenvalue weighted by Crippen LogP contribution is 2.45. The summed E-state index contributed by atoms with van der Waals surface area (Å²) >= 11 is 1.40. The number of hydrogen-bond donors (Lipinski definition) is 1. The van der Waals surface area contributed by atoms with Gasteiger partial charge in [-0.15, -0.1) is 11.3 Å². The van der Waals surface area contributed by atoms with Crippen molar-refractivity contribution in [3.63, 3.8) is 0 Å². The van der Waals surface area contributed by atoms with Crippen molar-refractivity contribution in [3.8, 4) is 0 Å². The van der Waals surface area contributed by atoms with E-state index in [0.717, 1.165) is 30.0 Å². The molecule has 1 unspecified atom stereocenters. The van der Waals surface area contributed by atoms with Crippen molar-refractivity contribution in [3.05, 3.63) is 23.2 Å². The number of aryl methyl sites for hydroxylation is 1. The molecule has 2 saturated heterocycles. The third-order valence-electron chi connectivity index (χ3n) is 6.85. The number of aromatic nitrogens is 2. The Kier molecular flexibility index (Phi) is 5.42. The van der Waals surface area contributed by atoms with Gasteiger partial charge >= 0.3 is 12.2 Å². The van der Waals surface area contributed by atoms with Gasteiger partial charge < -0.3 is 9.80 Å². The van der Waals surface area contributed by atoms with Crippen LogP contribution in [0.5, 0.6) is 0 Å². The van der Waals surface area contributed by atoms with Gasteiger partial charge in [-0.1, -0.05) is 0 Å². The zero-order valence-corrected chi connectivity index (χ0v) is 19.5. The summed E-state index contributed by atoms with van der Waals surface area (Å²) < 4.78 is 40.1. The van der Waals surface area contributed by atoms with Crippen LogP contribution < -0.4 is 20.0 Å². The molecule has 2 aromatic heterocycles. The van der Waals surface area contributed by atoms with Gasteiger partial charge in [0.25, 0.3) is 0 Å². The third kappa shape index (κ3) is 4.11. The van der Waals surface area contributed by atoms with E-state index in [9.17, 15) is 18.0 Å². The Morgan fingerprint density at radius 3 is 2.76 bits per heavy atom. The number of urea groups is 1. The van der Waals surface area contributed by atoms with Gasteiger partial charge in [-0.3, -0.25) is 10.2 Å². The number of nitrogens with one attached hydrogen (secondary N) is 1. The highest BCUT2D eigenvalue weighted by molar-refractivity contribution is 7.15. The van der Waals surface area contributed by atoms with E-state index >= 15 is 0 Å². The Hall–Kier alpha value is -2.56. The summed E-state index contributed by atoms with van der Waals surface area (Å²) in [6.07, 6.45) is -0.158. The third-order valence-corrected chi connectivity index (χ3v) is 7.68. The molecule has 2 aromatic rings. The van der Waals surface area contributed by atoms with Crippen molar-refractivity contribution in [2.24, 2.45) is 5.92 Å². The predicted octanol–water partition coefficient (Wildman–Crippen LogP) is 5.04. The molecular weight excluding hydrogens is 453 g/mol. The number of hydrogen-bond acceptors (Lipinski definition) is 6. The molecule has 0 radical (unpaired) electrons. The minimum atomic E-state index is -4.22. The molecule has 3 aliphatic heterocycles. The van der Waals surface area contributed by atoms with Crippen molar-refractivity contribution in [2.45, 2.75) is 51.2 Å². The zero-order chi connectivity index (χ0) is 23.4. The van der Waals surface area contributed by atoms with Gasteiger partial charge in [-0.25, -0.2) is 14.8 Å². The molecule has 5 rings (SSSR count). The minimum absolute atomic E-state index is 0.110. The van der Waals surface area contributed by atoms with Gasteiger partial charge in [0, 0.05) is 37.3 Å². The number of thiazole rings is 1. The molecule has 11 heteroatoms. The molecule has 0 spiro atoms. The number of amides is 2. The average Bonchev–Trinajstić information content (AvgIpc) is 3.17. The lowest BCUT2D eigenvalue weighted by Gasteiger charge is -2.52. The average molecular weight is 481 g/mol. The van der Waals surface area contributed by atoms with Crippen LogP contribution in [0.1, 0.15) is 37.5 Å². The first kappa shape index (κ1) is 22.2. The molecule has 178 valence electrons. The maximum Gasteiger partial charge on any atom is 0.393 e. The van der Waals surface area contributed by atoms with Crippen molar-refractivity contribution in [2.75, 3.05) is 46.2 Å². The molecule has 33 heavy (non-hydrogen) atoms. The normalized spacial score (nSPS) is 25.1. The number of alkyl halides is 3. The number of pyridine rings is 1. The van der Waals surface area contributed by atoms with E-state index in [1.165, 1.54) is 11.3 Å². The fraction of sp³-hybridized carbons (Fsp3) is 0.591. The van der Waals surface area contributed by atoms with Crippen LogP contribution in [-0.2, 0) is 0 Å². The maximum atomic E-state index is 13.5. The quantitative estimate of drug-likeness (QED) is 0.653. The first-order valence-electron chi connectivity index (χ1n) is 11.3. The molecule has 5 heterocycles. The van der Waals surface area contributed by atoms with Gasteiger partial charge in [0.15, 0.2) is 10.9 Å². The molecule has 0 aromatic carbocycles. The van der Waals surface area contributed by atoms with Crippen molar-refractivity contribution < 1.29 is 18.0 Å². The van der Waals surface area contributed by atoms with Crippen molar-refractivity contribution in [1.82, 2.24) is 9.97 Å². The number of halogens is 3. The number of carbonyl (C=O) groups excluding carboxylic acids is 1. The van der Waals surface area contributed by atoms with Crippen LogP contribution in [0.25, 0.3) is 0 Å². The molecule has 0 aliphatic carbocycles. The summed E-state index contributed by atoms with van der Waals surface area (Å²) in [5.41, 5.74) is 0.370. The molecule has 3 aliphatic rings. The second-order valence-electron chi connectivity index (χ2n) is 9.40. The lowest BCUT2D eigenvalue weighted by Crippen LogP contribution is -2.63. The molecule has 2 fully saturated rings. The van der Waals surface area contributed by atoms with Gasteiger partial charge in [0.1, 0.15) is 5.82 Å². The molecule has 1 N–H and O–H groups in total. The minimum Gasteiger partial charge on any atom is -0.366 e. The van der Waals surface area contributed by atoms with E-state index in [1.807, 2.05) is 19.9 Å². The lowest BCUT2D eigenvalue weighted by atomic mass is 9.86. The first-order valence-corrected chi connectivity index (χ1v) is 12.1. The number of fused-ring (bicyclic) bond motifs is 4. The van der Waals surface area contributed by atoms with Gasteiger partial charge in [0.05, 0.1) is 17.1 Å². The van der Waals surface area contributed by atoms with Crippen LogP contribution >= 0.6 is 11.3 Å². The lowest BCUT2D eigenvalue weighted by molar-refractivity contribution is -0.176. The number of nitrogens with zero attached hydrogens (tertiary/aromatic N) is 5. The molecule has 2 amide bonds. The van der Waals surface area contributed by atoms with Crippen molar-refractivity contribution in [1.29, 1.82) is 0 Å². The fourth-order valence-corrected chi connectivity index (χ4v) is 5.89. The van der Waals surface area contributed by atoms with E-state index in [2.05, 4.69) is 15.2 Å². The van der Waals surface area contributed by atoms with Crippen LogP contribution in [-0.4, -0.2) is 53.9 Å². The Bertz CT molecular complexity index is 1060. The Balaban J connectivity index is 1.50. The Morgan fingerprint density at radius 1 is 1.24 bits per heavy atom. The first-order chi connectivity index (χ1) is 15.6. The SMILES string of the molecule is Cc1cnc(NC(=O)N2c3nc(N4CCCC(C(F)(F)F)C4)ccc3N3CCC[C@@]2(C)C3)s1. The second kappa shape index (κ2) is 8.03. The fourth-order valence-electron chi connectivity index (χ4n) is 5.24. The summed E-state index contributed by atoms with van der Waals surface area (Å²) in [5, 5.41) is 3.42. The summed E-state index contributed by atoms with van der Waals surface area (Å²) in [4.78, 5) is 29.1. The van der Waals surface area contributed by atoms with E-state index in [4.69, 9.17) is 4.98 Å². The van der Waals surface area contributed by atoms with Crippen LogP contribution in [0.15, 0.2) is 18.3 Å². The number of rotatable bonds is 2. The molecular formula is C22H27F3N6OS. The van der Waals surface area contributed by atoms with Crippen LogP contribution in [0, 0.1) is 12.8 Å². The largest absolute Gasteiger partial charge is 0.393 e. The zero-order valence-electron chi connectivity index (χ0n) is 18.7. The maximum absolute atomic E-state index is 13.5. The van der Waals surface area contributed by atoms with E-state index in [0.29, 0.717) is 36.3 Å². The van der Waals surface area contributed by atoms with Crippen LogP contribution in [0.4, 0.5) is 40.4 Å². The molecule has 0 saturated carbocycles.